The molecule has 0 saturated heterocycles. The highest BCUT2D eigenvalue weighted by atomic mass is 19.1. The summed E-state index contributed by atoms with van der Waals surface area (Å²) in [6.45, 7) is 0. The van der Waals surface area contributed by atoms with E-state index in [2.05, 4.69) is 5.32 Å². The van der Waals surface area contributed by atoms with Gasteiger partial charge >= 0.3 is 0 Å². The second-order valence-electron chi connectivity index (χ2n) is 3.85. The van der Waals surface area contributed by atoms with E-state index < -0.39 is 17.5 Å². The van der Waals surface area contributed by atoms with Gasteiger partial charge in [-0.3, -0.25) is 4.79 Å². The molecule has 0 unspecified atom stereocenters. The lowest BCUT2D eigenvalue weighted by molar-refractivity contribution is 0.101. The molecule has 0 bridgehead atoms. The molecule has 0 aliphatic carbocycles. The van der Waals surface area contributed by atoms with Gasteiger partial charge in [-0.2, -0.15) is 0 Å². The number of nitrogens with two attached hydrogens (primary N) is 1. The van der Waals surface area contributed by atoms with Crippen molar-refractivity contribution in [3.63, 3.8) is 0 Å². The van der Waals surface area contributed by atoms with E-state index in [0.717, 1.165) is 12.1 Å². The maximum Gasteiger partial charge on any atom is 0.272 e. The minimum Gasteiger partial charge on any atom is -0.397 e. The Morgan fingerprint density at radius 1 is 1.33 bits per heavy atom. The lowest BCUT2D eigenvalue weighted by Gasteiger charge is -2.06. The first kappa shape index (κ1) is 12.1. The molecule has 4 nitrogen and oxygen atoms in total. The van der Waals surface area contributed by atoms with Crippen LogP contribution in [0.2, 0.25) is 0 Å². The number of nitrogens with one attached hydrogen (secondary N) is 1. The lowest BCUT2D eigenvalue weighted by atomic mass is 10.3. The van der Waals surface area contributed by atoms with Crippen molar-refractivity contribution in [2.75, 3.05) is 11.1 Å². The van der Waals surface area contributed by atoms with Crippen LogP contribution in [0.5, 0.6) is 0 Å². The zero-order valence-electron chi connectivity index (χ0n) is 9.58. The van der Waals surface area contributed by atoms with Gasteiger partial charge in [0.2, 0.25) is 0 Å². The molecule has 0 saturated carbocycles. The van der Waals surface area contributed by atoms with Crippen LogP contribution in [-0.4, -0.2) is 10.5 Å². The predicted octanol–water partition coefficient (Wildman–Crippen LogP) is 2.14. The van der Waals surface area contributed by atoms with E-state index in [0.29, 0.717) is 11.8 Å². The average Bonchev–Trinajstić information content (AvgIpc) is 2.62. The summed E-state index contributed by atoms with van der Waals surface area (Å²) in [5.41, 5.74) is 6.17. The first-order valence-electron chi connectivity index (χ1n) is 5.15. The number of carbonyl (C=O) groups is 1. The summed E-state index contributed by atoms with van der Waals surface area (Å²) in [7, 11) is 1.65. The van der Waals surface area contributed by atoms with Gasteiger partial charge in [-0.25, -0.2) is 8.78 Å². The Bertz CT molecular complexity index is 607. The highest BCUT2D eigenvalue weighted by Gasteiger charge is 2.13. The number of hydrogen-bond acceptors (Lipinski definition) is 2. The van der Waals surface area contributed by atoms with Gasteiger partial charge in [0.25, 0.3) is 5.91 Å². The molecule has 2 rings (SSSR count). The standard InChI is InChI=1S/C12H11F2N3O/c1-17-6-8(15)5-11(17)12(18)16-10-3-2-7(13)4-9(10)14/h2-6H,15H2,1H3,(H,16,18). The SMILES string of the molecule is Cn1cc(N)cc1C(=O)Nc1ccc(F)cc1F. The molecule has 1 amide bonds. The molecule has 6 heteroatoms. The minimum absolute atomic E-state index is 0.0822. The summed E-state index contributed by atoms with van der Waals surface area (Å²) in [5.74, 6) is -2.04. The number of amides is 1. The molecule has 0 aliphatic rings. The number of nitrogens with zero attached hydrogens (tertiary/aromatic N) is 1. The maximum atomic E-state index is 13.3. The summed E-state index contributed by atoms with van der Waals surface area (Å²) < 4.78 is 27.6. The first-order chi connectivity index (χ1) is 8.47. The van der Waals surface area contributed by atoms with E-state index in [9.17, 15) is 13.6 Å². The summed E-state index contributed by atoms with van der Waals surface area (Å²) in [6, 6.07) is 4.40. The second-order valence-corrected chi connectivity index (χ2v) is 3.85. The zero-order valence-corrected chi connectivity index (χ0v) is 9.58. The van der Waals surface area contributed by atoms with Gasteiger partial charge in [0.05, 0.1) is 11.4 Å². The molecular weight excluding hydrogens is 240 g/mol. The number of nitrogen functional groups attached to an aromatic ring is 1. The van der Waals surface area contributed by atoms with Crippen LogP contribution in [-0.2, 0) is 7.05 Å². The summed E-state index contributed by atoms with van der Waals surface area (Å²) in [5, 5.41) is 2.35. The third kappa shape index (κ3) is 2.32. The summed E-state index contributed by atoms with van der Waals surface area (Å²) in [4.78, 5) is 11.8. The Hall–Kier alpha value is -2.37. The van der Waals surface area contributed by atoms with E-state index >= 15 is 0 Å². The molecule has 3 N–H and O–H groups in total. The number of halogens is 2. The quantitative estimate of drug-likeness (QED) is 0.859. The fraction of sp³-hybridized carbons (Fsp3) is 0.0833. The molecule has 0 aliphatic heterocycles. The van der Waals surface area contributed by atoms with Crippen LogP contribution in [0.4, 0.5) is 20.2 Å². The lowest BCUT2D eigenvalue weighted by Crippen LogP contribution is -2.16. The minimum atomic E-state index is -0.828. The molecule has 0 atom stereocenters. The van der Waals surface area contributed by atoms with Crippen molar-refractivity contribution in [1.82, 2.24) is 4.57 Å². The molecule has 1 aromatic carbocycles. The number of aromatic nitrogens is 1. The smallest absolute Gasteiger partial charge is 0.272 e. The van der Waals surface area contributed by atoms with E-state index in [1.807, 2.05) is 0 Å². The topological polar surface area (TPSA) is 60.0 Å². The van der Waals surface area contributed by atoms with Gasteiger partial charge in [0.1, 0.15) is 17.3 Å². The number of hydrogen-bond donors (Lipinski definition) is 2. The number of benzene rings is 1. The Morgan fingerprint density at radius 2 is 2.06 bits per heavy atom. The molecule has 2 aromatic rings. The monoisotopic (exact) mass is 251 g/mol. The number of anilines is 2. The van der Waals surface area contributed by atoms with E-state index in [-0.39, 0.29) is 11.4 Å². The van der Waals surface area contributed by atoms with Crippen LogP contribution >= 0.6 is 0 Å². The fourth-order valence-electron chi connectivity index (χ4n) is 1.59. The van der Waals surface area contributed by atoms with Gasteiger partial charge in [0.15, 0.2) is 0 Å². The third-order valence-corrected chi connectivity index (χ3v) is 2.44. The number of carbonyl (C=O) groups excluding carboxylic acids is 1. The van der Waals surface area contributed by atoms with E-state index in [4.69, 9.17) is 5.73 Å². The Morgan fingerprint density at radius 3 is 2.61 bits per heavy atom. The largest absolute Gasteiger partial charge is 0.397 e. The van der Waals surface area contributed by atoms with Gasteiger partial charge in [-0.1, -0.05) is 0 Å². The summed E-state index contributed by atoms with van der Waals surface area (Å²) in [6.07, 6.45) is 1.57. The molecule has 0 radical (unpaired) electrons. The summed E-state index contributed by atoms with van der Waals surface area (Å²) >= 11 is 0. The van der Waals surface area contributed by atoms with Crippen LogP contribution in [0, 0.1) is 11.6 Å². The van der Waals surface area contributed by atoms with Crippen molar-refractivity contribution in [2.45, 2.75) is 0 Å². The number of aryl methyl sites for hydroxylation is 1. The molecule has 94 valence electrons. The van der Waals surface area contributed by atoms with Crippen molar-refractivity contribution < 1.29 is 13.6 Å². The molecule has 18 heavy (non-hydrogen) atoms. The Labute approximate surface area is 102 Å². The fourth-order valence-corrected chi connectivity index (χ4v) is 1.59. The van der Waals surface area contributed by atoms with Gasteiger partial charge in [-0.05, 0) is 18.2 Å². The van der Waals surface area contributed by atoms with Crippen LogP contribution in [0.15, 0.2) is 30.5 Å². The van der Waals surface area contributed by atoms with Crippen LogP contribution in [0.3, 0.4) is 0 Å². The van der Waals surface area contributed by atoms with Crippen LogP contribution in [0.25, 0.3) is 0 Å². The van der Waals surface area contributed by atoms with Gasteiger partial charge in [-0.15, -0.1) is 0 Å². The molecule has 0 spiro atoms. The molecule has 1 heterocycles. The highest BCUT2D eigenvalue weighted by Crippen LogP contribution is 2.17. The van der Waals surface area contributed by atoms with Gasteiger partial charge in [0, 0.05) is 19.3 Å². The van der Waals surface area contributed by atoms with Gasteiger partial charge < -0.3 is 15.6 Å². The van der Waals surface area contributed by atoms with Crippen LogP contribution < -0.4 is 11.1 Å². The Kier molecular flexibility index (Phi) is 3.01. The zero-order chi connectivity index (χ0) is 13.3. The van der Waals surface area contributed by atoms with Crippen molar-refractivity contribution in [3.8, 4) is 0 Å². The van der Waals surface area contributed by atoms with Crippen molar-refractivity contribution in [1.29, 1.82) is 0 Å². The van der Waals surface area contributed by atoms with Crippen molar-refractivity contribution in [2.24, 2.45) is 7.05 Å². The number of rotatable bonds is 2. The maximum absolute atomic E-state index is 13.3. The van der Waals surface area contributed by atoms with E-state index in [1.165, 1.54) is 10.6 Å². The molecule has 0 fully saturated rings. The second kappa shape index (κ2) is 4.48. The van der Waals surface area contributed by atoms with Crippen LogP contribution in [0.1, 0.15) is 10.5 Å². The average molecular weight is 251 g/mol. The Balaban J connectivity index is 2.24. The highest BCUT2D eigenvalue weighted by molar-refractivity contribution is 6.03. The van der Waals surface area contributed by atoms with E-state index in [1.54, 1.807) is 13.2 Å². The molecular formula is C12H11F2N3O. The third-order valence-electron chi connectivity index (χ3n) is 2.44. The normalized spacial score (nSPS) is 10.4. The molecule has 1 aromatic heterocycles. The predicted molar refractivity (Wildman–Crippen MR) is 64.1 cm³/mol. The first-order valence-corrected chi connectivity index (χ1v) is 5.15. The van der Waals surface area contributed by atoms with Crippen molar-refractivity contribution in [3.05, 3.63) is 47.8 Å². The van der Waals surface area contributed by atoms with Crippen molar-refractivity contribution >= 4 is 17.3 Å².